The molecule has 32 heavy (non-hydrogen) atoms. The number of thiophene rings is 1. The van der Waals surface area contributed by atoms with E-state index in [0.29, 0.717) is 37.2 Å². The largest absolute Gasteiger partial charge is 0.355 e. The molecular weight excluding hydrogens is 431 g/mol. The molecule has 0 atom stereocenters. The quantitative estimate of drug-likeness (QED) is 0.587. The Labute approximate surface area is 189 Å². The van der Waals surface area contributed by atoms with Crippen molar-refractivity contribution < 1.29 is 18.7 Å². The van der Waals surface area contributed by atoms with Gasteiger partial charge in [0.15, 0.2) is 5.79 Å². The molecule has 1 spiro atoms. The molecule has 1 aromatic carbocycles. The van der Waals surface area contributed by atoms with Crippen molar-refractivity contribution in [1.82, 2.24) is 14.9 Å². The van der Waals surface area contributed by atoms with E-state index in [0.717, 1.165) is 54.0 Å². The van der Waals surface area contributed by atoms with Crippen molar-refractivity contribution in [3.8, 4) is 0 Å². The number of carbonyl (C=O) groups is 1. The monoisotopic (exact) mass is 456 g/mol. The number of fused-ring (bicyclic) bond motifs is 3. The van der Waals surface area contributed by atoms with E-state index in [4.69, 9.17) is 9.47 Å². The summed E-state index contributed by atoms with van der Waals surface area (Å²) in [6.07, 6.45) is 4.60. The van der Waals surface area contributed by atoms with Gasteiger partial charge in [-0.25, -0.2) is 14.4 Å². The van der Waals surface area contributed by atoms with E-state index in [1.54, 1.807) is 6.07 Å². The number of benzene rings is 1. The SMILES string of the molecule is O=C(C1CCN(c2ncnc3c2sc2cccc(F)c23)CC1)N1CCC2(CC1)OCCO2. The number of piperidine rings is 2. The van der Waals surface area contributed by atoms with Crippen molar-refractivity contribution in [3.63, 3.8) is 0 Å². The Balaban J connectivity index is 1.15. The zero-order chi connectivity index (χ0) is 21.7. The summed E-state index contributed by atoms with van der Waals surface area (Å²) in [5, 5.41) is 0.569. The van der Waals surface area contributed by atoms with Crippen LogP contribution in [0.2, 0.25) is 0 Å². The Morgan fingerprint density at radius 2 is 1.84 bits per heavy atom. The van der Waals surface area contributed by atoms with Gasteiger partial charge in [-0.1, -0.05) is 6.07 Å². The van der Waals surface area contributed by atoms with Crippen LogP contribution < -0.4 is 4.90 Å². The molecule has 0 N–H and O–H groups in total. The highest BCUT2D eigenvalue weighted by atomic mass is 32.1. The second-order valence-corrected chi connectivity index (χ2v) is 9.84. The number of hydrogen-bond donors (Lipinski definition) is 0. The number of carbonyl (C=O) groups excluding carboxylic acids is 1. The number of likely N-dealkylation sites (tertiary alicyclic amines) is 1. The second kappa shape index (κ2) is 7.90. The number of halogens is 1. The molecule has 6 rings (SSSR count). The number of aromatic nitrogens is 2. The Morgan fingerprint density at radius 1 is 1.09 bits per heavy atom. The van der Waals surface area contributed by atoms with Gasteiger partial charge in [-0.05, 0) is 25.0 Å². The minimum Gasteiger partial charge on any atom is -0.355 e. The maximum atomic E-state index is 14.4. The minimum atomic E-state index is -0.456. The topological polar surface area (TPSA) is 67.8 Å². The third-order valence-corrected chi connectivity index (χ3v) is 8.14. The Morgan fingerprint density at radius 3 is 2.59 bits per heavy atom. The molecule has 3 saturated heterocycles. The smallest absolute Gasteiger partial charge is 0.225 e. The van der Waals surface area contributed by atoms with Gasteiger partial charge in [-0.15, -0.1) is 11.3 Å². The fraction of sp³-hybridized carbons (Fsp3) is 0.522. The summed E-state index contributed by atoms with van der Waals surface area (Å²) < 4.78 is 27.8. The molecule has 3 aliphatic rings. The summed E-state index contributed by atoms with van der Waals surface area (Å²) in [5.41, 5.74) is 0.671. The van der Waals surface area contributed by atoms with Gasteiger partial charge >= 0.3 is 0 Å². The summed E-state index contributed by atoms with van der Waals surface area (Å²) in [7, 11) is 0. The average molecular weight is 457 g/mol. The molecule has 3 aromatic rings. The first-order chi connectivity index (χ1) is 15.6. The predicted octanol–water partition coefficient (Wildman–Crippen LogP) is 3.57. The minimum absolute atomic E-state index is 0.0305. The summed E-state index contributed by atoms with van der Waals surface area (Å²) in [6, 6.07) is 5.12. The highest BCUT2D eigenvalue weighted by molar-refractivity contribution is 7.26. The molecule has 168 valence electrons. The van der Waals surface area contributed by atoms with E-state index in [1.807, 2.05) is 11.0 Å². The van der Waals surface area contributed by atoms with E-state index >= 15 is 0 Å². The summed E-state index contributed by atoms with van der Waals surface area (Å²) in [4.78, 5) is 26.2. The van der Waals surface area contributed by atoms with Crippen LogP contribution in [-0.4, -0.2) is 66.0 Å². The maximum absolute atomic E-state index is 14.4. The average Bonchev–Trinajstić information content (AvgIpc) is 3.44. The fourth-order valence-electron chi connectivity index (χ4n) is 5.24. The van der Waals surface area contributed by atoms with Gasteiger partial charge in [0.05, 0.1) is 28.8 Å². The molecule has 0 saturated carbocycles. The van der Waals surface area contributed by atoms with Gasteiger partial charge in [0, 0.05) is 49.6 Å². The van der Waals surface area contributed by atoms with Crippen LogP contribution in [0, 0.1) is 11.7 Å². The van der Waals surface area contributed by atoms with Crippen molar-refractivity contribution in [3.05, 3.63) is 30.3 Å². The molecule has 1 amide bonds. The lowest BCUT2D eigenvalue weighted by Gasteiger charge is -2.40. The van der Waals surface area contributed by atoms with E-state index in [9.17, 15) is 9.18 Å². The van der Waals surface area contributed by atoms with Gasteiger partial charge in [-0.2, -0.15) is 0 Å². The van der Waals surface area contributed by atoms with Crippen molar-refractivity contribution in [1.29, 1.82) is 0 Å². The van der Waals surface area contributed by atoms with Crippen molar-refractivity contribution in [2.24, 2.45) is 5.92 Å². The zero-order valence-corrected chi connectivity index (χ0v) is 18.6. The van der Waals surface area contributed by atoms with Gasteiger partial charge in [-0.3, -0.25) is 4.79 Å². The molecule has 2 aromatic heterocycles. The normalized spacial score (nSPS) is 21.8. The number of rotatable bonds is 2. The maximum Gasteiger partial charge on any atom is 0.225 e. The molecule has 0 bridgehead atoms. The standard InChI is InChI=1S/C23H25FN4O3S/c24-16-2-1-3-17-18(16)19-20(32-17)21(26-14-25-19)27-8-4-15(5-9-27)22(29)28-10-6-23(7-11-28)30-12-13-31-23/h1-3,14-15H,4-13H2. The first-order valence-electron chi connectivity index (χ1n) is 11.3. The number of ether oxygens (including phenoxy) is 2. The molecule has 7 nitrogen and oxygen atoms in total. The molecular formula is C23H25FN4O3S. The lowest BCUT2D eigenvalue weighted by Crippen LogP contribution is -2.50. The number of hydrogen-bond acceptors (Lipinski definition) is 7. The first-order valence-corrected chi connectivity index (χ1v) is 12.1. The third kappa shape index (κ3) is 3.34. The molecule has 9 heteroatoms. The first kappa shape index (κ1) is 20.3. The summed E-state index contributed by atoms with van der Waals surface area (Å²) >= 11 is 1.53. The Bertz CT molecular complexity index is 1160. The fourth-order valence-corrected chi connectivity index (χ4v) is 6.43. The molecule has 5 heterocycles. The van der Waals surface area contributed by atoms with Crippen LogP contribution >= 0.6 is 11.3 Å². The second-order valence-electron chi connectivity index (χ2n) is 8.78. The molecule has 3 aliphatic heterocycles. The van der Waals surface area contributed by atoms with Crippen molar-refractivity contribution in [2.45, 2.75) is 31.5 Å². The van der Waals surface area contributed by atoms with Crippen LogP contribution in [0.15, 0.2) is 24.5 Å². The number of amides is 1. The van der Waals surface area contributed by atoms with Crippen molar-refractivity contribution in [2.75, 3.05) is 44.3 Å². The van der Waals surface area contributed by atoms with E-state index in [1.165, 1.54) is 23.7 Å². The predicted molar refractivity (Wildman–Crippen MR) is 120 cm³/mol. The highest BCUT2D eigenvalue weighted by Crippen LogP contribution is 2.39. The highest BCUT2D eigenvalue weighted by Gasteiger charge is 2.42. The lowest BCUT2D eigenvalue weighted by atomic mass is 9.93. The van der Waals surface area contributed by atoms with Crippen LogP contribution in [0.25, 0.3) is 20.3 Å². The van der Waals surface area contributed by atoms with E-state index in [2.05, 4.69) is 14.9 Å². The van der Waals surface area contributed by atoms with E-state index in [-0.39, 0.29) is 17.6 Å². The molecule has 0 unspecified atom stereocenters. The molecule has 0 aliphatic carbocycles. The molecule has 3 fully saturated rings. The van der Waals surface area contributed by atoms with Crippen LogP contribution in [0.4, 0.5) is 10.2 Å². The number of anilines is 1. The zero-order valence-electron chi connectivity index (χ0n) is 17.8. The van der Waals surface area contributed by atoms with Gasteiger partial charge in [0.2, 0.25) is 5.91 Å². The van der Waals surface area contributed by atoms with Crippen LogP contribution in [0.5, 0.6) is 0 Å². The lowest BCUT2D eigenvalue weighted by molar-refractivity contribution is -0.188. The van der Waals surface area contributed by atoms with E-state index < -0.39 is 5.79 Å². The van der Waals surface area contributed by atoms with Gasteiger partial charge in [0.1, 0.15) is 18.0 Å². The van der Waals surface area contributed by atoms with Crippen LogP contribution in [-0.2, 0) is 14.3 Å². The van der Waals surface area contributed by atoms with Crippen LogP contribution in [0.1, 0.15) is 25.7 Å². The van der Waals surface area contributed by atoms with Crippen LogP contribution in [0.3, 0.4) is 0 Å². The number of nitrogens with zero attached hydrogens (tertiary/aromatic N) is 4. The van der Waals surface area contributed by atoms with Crippen molar-refractivity contribution >= 4 is 43.4 Å². The molecule has 0 radical (unpaired) electrons. The summed E-state index contributed by atoms with van der Waals surface area (Å²) in [6.45, 7) is 4.19. The Kier molecular flexibility index (Phi) is 5.00. The van der Waals surface area contributed by atoms with Gasteiger partial charge < -0.3 is 19.3 Å². The summed E-state index contributed by atoms with van der Waals surface area (Å²) in [5.74, 6) is 0.413. The van der Waals surface area contributed by atoms with Gasteiger partial charge in [0.25, 0.3) is 0 Å². The Hall–Kier alpha value is -2.36. The third-order valence-electron chi connectivity index (χ3n) is 7.00.